The van der Waals surface area contributed by atoms with Gasteiger partial charge in [-0.1, -0.05) is 6.92 Å². The summed E-state index contributed by atoms with van der Waals surface area (Å²) in [7, 11) is 0. The Morgan fingerprint density at radius 2 is 2.36 bits per heavy atom. The van der Waals surface area contributed by atoms with E-state index in [0.29, 0.717) is 12.1 Å². The largest absolute Gasteiger partial charge is 0.329 e. The molecule has 0 aliphatic heterocycles. The lowest BCUT2D eigenvalue weighted by molar-refractivity contribution is 0.940. The van der Waals surface area contributed by atoms with Crippen LogP contribution in [-0.2, 0) is 0 Å². The van der Waals surface area contributed by atoms with Gasteiger partial charge in [0.25, 0.3) is 0 Å². The second kappa shape index (κ2) is 4.99. The van der Waals surface area contributed by atoms with E-state index in [0.717, 1.165) is 10.7 Å². The van der Waals surface area contributed by atoms with E-state index >= 15 is 0 Å². The number of thioether (sulfide) groups is 1. The van der Waals surface area contributed by atoms with Crippen LogP contribution in [0.5, 0.6) is 0 Å². The first-order valence-corrected chi connectivity index (χ1v) is 5.29. The fraction of sp³-hybridized carbons (Fsp3) is 0.400. The molecule has 1 aromatic heterocycles. The maximum atomic E-state index is 8.86. The highest BCUT2D eigenvalue weighted by Crippen LogP contribution is 2.24. The van der Waals surface area contributed by atoms with Gasteiger partial charge in [-0.3, -0.25) is 0 Å². The van der Waals surface area contributed by atoms with E-state index in [9.17, 15) is 0 Å². The van der Waals surface area contributed by atoms with Crippen molar-refractivity contribution in [1.29, 1.82) is 5.26 Å². The summed E-state index contributed by atoms with van der Waals surface area (Å²) in [5.41, 5.74) is 7.07. The molecule has 0 saturated heterocycles. The Labute approximate surface area is 88.3 Å². The predicted octanol–water partition coefficient (Wildman–Crippen LogP) is 1.70. The molecule has 0 radical (unpaired) electrons. The third-order valence-corrected chi connectivity index (χ3v) is 2.89. The second-order valence-corrected chi connectivity index (χ2v) is 4.51. The average Bonchev–Trinajstić information content (AvgIpc) is 2.18. The molecule has 0 aliphatic rings. The first-order valence-electron chi connectivity index (χ1n) is 4.42. The zero-order valence-electron chi connectivity index (χ0n) is 8.32. The Balaban J connectivity index is 2.94. The van der Waals surface area contributed by atoms with Gasteiger partial charge in [-0.05, 0) is 19.1 Å². The average molecular weight is 207 g/mol. The van der Waals surface area contributed by atoms with Gasteiger partial charge in [0.05, 0.1) is 5.56 Å². The van der Waals surface area contributed by atoms with Crippen LogP contribution in [0.3, 0.4) is 0 Å². The minimum Gasteiger partial charge on any atom is -0.329 e. The fourth-order valence-electron chi connectivity index (χ4n) is 0.946. The first kappa shape index (κ1) is 11.0. The van der Waals surface area contributed by atoms with Crippen LogP contribution < -0.4 is 5.73 Å². The van der Waals surface area contributed by atoms with Crippen LogP contribution in [0.15, 0.2) is 17.2 Å². The molecule has 0 bridgehead atoms. The van der Waals surface area contributed by atoms with E-state index in [1.807, 2.05) is 19.9 Å². The molecule has 0 aromatic carbocycles. The van der Waals surface area contributed by atoms with Crippen LogP contribution in [0.1, 0.15) is 18.2 Å². The Kier molecular flexibility index (Phi) is 3.93. The fourth-order valence-corrected chi connectivity index (χ4v) is 1.86. The molecule has 4 heteroatoms. The summed E-state index contributed by atoms with van der Waals surface area (Å²) in [6.07, 6.45) is 0. The molecule has 0 aliphatic carbocycles. The SMILES string of the molecule is Cc1ccc(C#N)c(SC(C)CN)n1. The normalized spacial score (nSPS) is 12.1. The molecular weight excluding hydrogens is 194 g/mol. The Morgan fingerprint density at radius 1 is 1.64 bits per heavy atom. The van der Waals surface area contributed by atoms with Gasteiger partial charge < -0.3 is 5.73 Å². The van der Waals surface area contributed by atoms with E-state index in [2.05, 4.69) is 11.1 Å². The van der Waals surface area contributed by atoms with Gasteiger partial charge >= 0.3 is 0 Å². The van der Waals surface area contributed by atoms with Crippen LogP contribution in [0.2, 0.25) is 0 Å². The highest BCUT2D eigenvalue weighted by molar-refractivity contribution is 7.99. The summed E-state index contributed by atoms with van der Waals surface area (Å²) in [4.78, 5) is 4.32. The number of nitriles is 1. The van der Waals surface area contributed by atoms with Crippen LogP contribution in [0.4, 0.5) is 0 Å². The van der Waals surface area contributed by atoms with Crippen LogP contribution in [0, 0.1) is 18.3 Å². The Bertz CT molecular complexity index is 357. The van der Waals surface area contributed by atoms with Crippen molar-refractivity contribution < 1.29 is 0 Å². The number of aryl methyl sites for hydroxylation is 1. The third kappa shape index (κ3) is 2.72. The zero-order chi connectivity index (χ0) is 10.6. The predicted molar refractivity (Wildman–Crippen MR) is 58.1 cm³/mol. The minimum absolute atomic E-state index is 0.288. The summed E-state index contributed by atoms with van der Waals surface area (Å²) in [6, 6.07) is 5.77. The molecule has 1 unspecified atom stereocenters. The van der Waals surface area contributed by atoms with Gasteiger partial charge in [0.15, 0.2) is 0 Å². The van der Waals surface area contributed by atoms with Gasteiger partial charge in [0.2, 0.25) is 0 Å². The van der Waals surface area contributed by atoms with Crippen LogP contribution >= 0.6 is 11.8 Å². The summed E-state index contributed by atoms with van der Waals surface area (Å²) in [6.45, 7) is 4.53. The lowest BCUT2D eigenvalue weighted by atomic mass is 10.3. The van der Waals surface area contributed by atoms with Crippen LogP contribution in [0.25, 0.3) is 0 Å². The molecule has 0 spiro atoms. The summed E-state index contributed by atoms with van der Waals surface area (Å²) >= 11 is 1.55. The number of nitrogens with zero attached hydrogens (tertiary/aromatic N) is 2. The topological polar surface area (TPSA) is 62.7 Å². The lowest BCUT2D eigenvalue weighted by Crippen LogP contribution is -2.12. The molecule has 14 heavy (non-hydrogen) atoms. The van der Waals surface area contributed by atoms with Gasteiger partial charge in [0.1, 0.15) is 11.1 Å². The highest BCUT2D eigenvalue weighted by atomic mass is 32.2. The number of hydrogen-bond donors (Lipinski definition) is 1. The Morgan fingerprint density at radius 3 is 2.93 bits per heavy atom. The molecule has 1 atom stereocenters. The van der Waals surface area contributed by atoms with E-state index < -0.39 is 0 Å². The number of aromatic nitrogens is 1. The molecule has 3 nitrogen and oxygen atoms in total. The van der Waals surface area contributed by atoms with Crippen molar-refractivity contribution in [3.05, 3.63) is 23.4 Å². The maximum Gasteiger partial charge on any atom is 0.114 e. The zero-order valence-corrected chi connectivity index (χ0v) is 9.14. The monoisotopic (exact) mass is 207 g/mol. The van der Waals surface area contributed by atoms with E-state index in [-0.39, 0.29) is 5.25 Å². The summed E-state index contributed by atoms with van der Waals surface area (Å²) in [5, 5.41) is 9.93. The second-order valence-electron chi connectivity index (χ2n) is 3.08. The molecule has 0 saturated carbocycles. The van der Waals surface area contributed by atoms with E-state index in [4.69, 9.17) is 11.0 Å². The molecule has 1 rings (SSSR count). The standard InChI is InChI=1S/C10H13N3S/c1-7-3-4-9(6-12)10(13-7)14-8(2)5-11/h3-4,8H,5,11H2,1-2H3. The minimum atomic E-state index is 0.288. The summed E-state index contributed by atoms with van der Waals surface area (Å²) < 4.78 is 0. The van der Waals surface area contributed by atoms with Crippen molar-refractivity contribution >= 4 is 11.8 Å². The number of hydrogen-bond acceptors (Lipinski definition) is 4. The summed E-state index contributed by atoms with van der Waals surface area (Å²) in [5.74, 6) is 0. The molecule has 74 valence electrons. The van der Waals surface area contributed by atoms with Gasteiger partial charge in [-0.15, -0.1) is 11.8 Å². The molecule has 0 fully saturated rings. The Hall–Kier alpha value is -1.05. The first-order chi connectivity index (χ1) is 6.67. The molecular formula is C10H13N3S. The molecule has 1 aromatic rings. The molecule has 2 N–H and O–H groups in total. The smallest absolute Gasteiger partial charge is 0.114 e. The quantitative estimate of drug-likeness (QED) is 0.766. The van der Waals surface area contributed by atoms with Gasteiger partial charge in [-0.25, -0.2) is 4.98 Å². The number of pyridine rings is 1. The third-order valence-electron chi connectivity index (χ3n) is 1.76. The lowest BCUT2D eigenvalue weighted by Gasteiger charge is -2.08. The molecule has 1 heterocycles. The number of rotatable bonds is 3. The van der Waals surface area contributed by atoms with Crippen molar-refractivity contribution in [2.24, 2.45) is 5.73 Å². The van der Waals surface area contributed by atoms with E-state index in [1.165, 1.54) is 0 Å². The number of nitrogens with two attached hydrogens (primary N) is 1. The van der Waals surface area contributed by atoms with Crippen molar-refractivity contribution in [1.82, 2.24) is 4.98 Å². The maximum absolute atomic E-state index is 8.86. The van der Waals surface area contributed by atoms with Crippen molar-refractivity contribution in [3.8, 4) is 6.07 Å². The van der Waals surface area contributed by atoms with Gasteiger partial charge in [-0.2, -0.15) is 5.26 Å². The van der Waals surface area contributed by atoms with Crippen molar-refractivity contribution in [3.63, 3.8) is 0 Å². The van der Waals surface area contributed by atoms with Crippen LogP contribution in [-0.4, -0.2) is 16.8 Å². The van der Waals surface area contributed by atoms with Crippen molar-refractivity contribution in [2.45, 2.75) is 24.1 Å². The van der Waals surface area contributed by atoms with Gasteiger partial charge in [0, 0.05) is 17.5 Å². The highest BCUT2D eigenvalue weighted by Gasteiger charge is 2.08. The molecule has 0 amide bonds. The van der Waals surface area contributed by atoms with E-state index in [1.54, 1.807) is 17.8 Å². The van der Waals surface area contributed by atoms with Crippen molar-refractivity contribution in [2.75, 3.05) is 6.54 Å².